The SMILES string of the molecule is CC/C=C\C/C=C\C/C=C\CCCCCCCC(=O)OCC(COC1OC(C(=O)O)C(O)C(O)C1OC(=O)CCCCCCC/C=C\C/C=C\CCC)OC(=O)CCCCCCC/C=C\C/C=C\C/C=C\CC. The summed E-state index contributed by atoms with van der Waals surface area (Å²) in [4.78, 5) is 51.0. The van der Waals surface area contributed by atoms with Crippen LogP contribution in [0.2, 0.25) is 0 Å². The number of allylic oxidation sites excluding steroid dienone is 16. The number of carbonyl (C=O) groups excluding carboxylic acids is 3. The first kappa shape index (κ1) is 66.7. The average molecular weight is 1020 g/mol. The van der Waals surface area contributed by atoms with Crippen LogP contribution < -0.4 is 0 Å². The number of aliphatic hydroxyl groups is 2. The summed E-state index contributed by atoms with van der Waals surface area (Å²) in [5, 5.41) is 31.4. The number of unbranched alkanes of at least 4 members (excludes halogenated alkanes) is 16. The minimum Gasteiger partial charge on any atom is -0.479 e. The zero-order valence-corrected chi connectivity index (χ0v) is 45.3. The van der Waals surface area contributed by atoms with Crippen molar-refractivity contribution in [1.29, 1.82) is 0 Å². The maximum atomic E-state index is 13.1. The van der Waals surface area contributed by atoms with Gasteiger partial charge in [0, 0.05) is 19.3 Å². The van der Waals surface area contributed by atoms with Gasteiger partial charge in [-0.25, -0.2) is 4.79 Å². The predicted octanol–water partition coefficient (Wildman–Crippen LogP) is 14.1. The van der Waals surface area contributed by atoms with Gasteiger partial charge in [-0.05, 0) is 109 Å². The van der Waals surface area contributed by atoms with Crippen molar-refractivity contribution < 1.29 is 58.2 Å². The summed E-state index contributed by atoms with van der Waals surface area (Å²) in [6.07, 6.45) is 50.9. The van der Waals surface area contributed by atoms with Crippen LogP contribution in [0.25, 0.3) is 0 Å². The van der Waals surface area contributed by atoms with Crippen molar-refractivity contribution in [1.82, 2.24) is 0 Å². The molecule has 414 valence electrons. The van der Waals surface area contributed by atoms with Crippen molar-refractivity contribution in [2.75, 3.05) is 13.2 Å². The summed E-state index contributed by atoms with van der Waals surface area (Å²) in [7, 11) is 0. The van der Waals surface area contributed by atoms with Crippen molar-refractivity contribution in [2.45, 2.75) is 250 Å². The van der Waals surface area contributed by atoms with Crippen LogP contribution in [-0.4, -0.2) is 89.2 Å². The van der Waals surface area contributed by atoms with Crippen LogP contribution in [0.1, 0.15) is 213 Å². The third kappa shape index (κ3) is 38.8. The van der Waals surface area contributed by atoms with E-state index >= 15 is 0 Å². The fraction of sp³-hybridized carbons (Fsp3) is 0.672. The number of hydrogen-bond acceptors (Lipinski definition) is 11. The molecule has 0 spiro atoms. The fourth-order valence-corrected chi connectivity index (χ4v) is 7.84. The molecule has 0 amide bonds. The quantitative estimate of drug-likeness (QED) is 0.0228. The molecule has 1 heterocycles. The van der Waals surface area contributed by atoms with Gasteiger partial charge in [0.1, 0.15) is 18.8 Å². The van der Waals surface area contributed by atoms with Crippen molar-refractivity contribution >= 4 is 23.9 Å². The zero-order chi connectivity index (χ0) is 53.3. The highest BCUT2D eigenvalue weighted by molar-refractivity contribution is 5.74. The Labute approximate surface area is 441 Å². The molecule has 1 saturated heterocycles. The molecule has 0 aromatic carbocycles. The van der Waals surface area contributed by atoms with Crippen LogP contribution in [0.5, 0.6) is 0 Å². The highest BCUT2D eigenvalue weighted by Crippen LogP contribution is 2.26. The maximum absolute atomic E-state index is 13.1. The minimum atomic E-state index is -1.92. The van der Waals surface area contributed by atoms with Gasteiger partial charge in [0.05, 0.1) is 6.61 Å². The smallest absolute Gasteiger partial charge is 0.335 e. The lowest BCUT2D eigenvalue weighted by atomic mass is 9.98. The lowest BCUT2D eigenvalue weighted by molar-refractivity contribution is -0.301. The molecule has 6 atom stereocenters. The van der Waals surface area contributed by atoms with Crippen molar-refractivity contribution in [2.24, 2.45) is 0 Å². The molecule has 1 rings (SSSR count). The summed E-state index contributed by atoms with van der Waals surface area (Å²) in [6, 6.07) is 0. The molecular weight excluding hydrogens is 925 g/mol. The molecule has 0 aromatic heterocycles. The van der Waals surface area contributed by atoms with Gasteiger partial charge < -0.3 is 39.0 Å². The molecule has 1 fully saturated rings. The van der Waals surface area contributed by atoms with E-state index in [0.29, 0.717) is 19.3 Å². The summed E-state index contributed by atoms with van der Waals surface area (Å²) < 4.78 is 28.3. The molecule has 73 heavy (non-hydrogen) atoms. The third-order valence-electron chi connectivity index (χ3n) is 12.1. The topological polar surface area (TPSA) is 175 Å². The number of hydrogen-bond donors (Lipinski definition) is 3. The number of carboxylic acid groups (broad SMARTS) is 1. The Morgan fingerprint density at radius 2 is 0.863 bits per heavy atom. The van der Waals surface area contributed by atoms with Crippen molar-refractivity contribution in [3.63, 3.8) is 0 Å². The Balaban J connectivity index is 2.75. The number of rotatable bonds is 46. The normalized spacial score (nSPS) is 19.1. The van der Waals surface area contributed by atoms with E-state index in [1.165, 1.54) is 0 Å². The number of aliphatic carboxylic acids is 1. The largest absolute Gasteiger partial charge is 0.479 e. The van der Waals surface area contributed by atoms with E-state index in [1.54, 1.807) is 0 Å². The second-order valence-electron chi connectivity index (χ2n) is 18.8. The summed E-state index contributed by atoms with van der Waals surface area (Å²) >= 11 is 0. The second kappa shape index (κ2) is 48.6. The number of esters is 3. The van der Waals surface area contributed by atoms with Gasteiger partial charge in [-0.1, -0.05) is 182 Å². The minimum absolute atomic E-state index is 0.0359. The summed E-state index contributed by atoms with van der Waals surface area (Å²) in [5.74, 6) is -3.19. The van der Waals surface area contributed by atoms with Crippen molar-refractivity contribution in [3.05, 3.63) is 97.2 Å². The molecule has 12 nitrogen and oxygen atoms in total. The zero-order valence-electron chi connectivity index (χ0n) is 45.3. The first-order valence-corrected chi connectivity index (χ1v) is 28.2. The number of aliphatic hydroxyl groups excluding tert-OH is 2. The van der Waals surface area contributed by atoms with E-state index in [1.807, 2.05) is 0 Å². The van der Waals surface area contributed by atoms with E-state index in [0.717, 1.165) is 154 Å². The molecule has 0 aromatic rings. The number of carbonyl (C=O) groups is 4. The van der Waals surface area contributed by atoms with Crippen LogP contribution in [-0.2, 0) is 42.9 Å². The van der Waals surface area contributed by atoms with Gasteiger partial charge >= 0.3 is 23.9 Å². The Kier molecular flexibility index (Phi) is 44.4. The van der Waals surface area contributed by atoms with Gasteiger partial charge in [0.25, 0.3) is 0 Å². The number of ether oxygens (including phenoxy) is 5. The van der Waals surface area contributed by atoms with E-state index in [-0.39, 0.29) is 25.9 Å². The molecule has 0 saturated carbocycles. The molecule has 6 unspecified atom stereocenters. The molecule has 0 bridgehead atoms. The monoisotopic (exact) mass is 1020 g/mol. The van der Waals surface area contributed by atoms with E-state index in [4.69, 9.17) is 23.7 Å². The predicted molar refractivity (Wildman–Crippen MR) is 294 cm³/mol. The molecule has 1 aliphatic rings. The van der Waals surface area contributed by atoms with Crippen LogP contribution in [0.4, 0.5) is 0 Å². The standard InChI is InChI=1S/C61H98O12/c1-4-7-10-13-16-19-22-25-27-30-32-35-38-41-44-47-53(62)69-50-52(71-54(63)48-45-42-39-36-34-31-28-26-23-20-17-14-11-8-5-2)51-70-61-59(57(66)56(65)58(73-61)60(67)68)72-55(64)49-46-43-40-37-33-29-24-21-18-15-12-9-6-3/h7-8,10-12,15-17,19-21,24-28,52,56-59,61,65-66H,4-6,9,13-14,18,22-23,29-51H2,1-3H3,(H,67,68)/b10-7-,11-8-,15-12-,19-16-,20-17-,24-21-,27-25-,28-26-. The van der Waals surface area contributed by atoms with E-state index in [9.17, 15) is 34.5 Å². The third-order valence-corrected chi connectivity index (χ3v) is 12.1. The van der Waals surface area contributed by atoms with E-state index < -0.39 is 67.3 Å². The lowest BCUT2D eigenvalue weighted by Crippen LogP contribution is -2.61. The first-order chi connectivity index (χ1) is 35.6. The van der Waals surface area contributed by atoms with Crippen LogP contribution in [0.3, 0.4) is 0 Å². The Bertz CT molecular complexity index is 1640. The Morgan fingerprint density at radius 3 is 1.32 bits per heavy atom. The van der Waals surface area contributed by atoms with Crippen LogP contribution in [0.15, 0.2) is 97.2 Å². The summed E-state index contributed by atoms with van der Waals surface area (Å²) in [6.45, 7) is 5.65. The Morgan fingerprint density at radius 1 is 0.466 bits per heavy atom. The molecule has 3 N–H and O–H groups in total. The second-order valence-corrected chi connectivity index (χ2v) is 18.8. The van der Waals surface area contributed by atoms with Gasteiger partial charge in [-0.15, -0.1) is 0 Å². The van der Waals surface area contributed by atoms with Gasteiger partial charge in [0.15, 0.2) is 24.6 Å². The van der Waals surface area contributed by atoms with Crippen molar-refractivity contribution in [3.8, 4) is 0 Å². The van der Waals surface area contributed by atoms with Gasteiger partial charge in [-0.3, -0.25) is 14.4 Å². The highest BCUT2D eigenvalue weighted by atomic mass is 16.7. The molecule has 0 aliphatic carbocycles. The van der Waals surface area contributed by atoms with Gasteiger partial charge in [0.2, 0.25) is 0 Å². The van der Waals surface area contributed by atoms with Crippen LogP contribution in [0, 0.1) is 0 Å². The molecule has 12 heteroatoms. The first-order valence-electron chi connectivity index (χ1n) is 28.2. The van der Waals surface area contributed by atoms with Crippen LogP contribution >= 0.6 is 0 Å². The Hall–Kier alpha value is -4.36. The maximum Gasteiger partial charge on any atom is 0.335 e. The number of carboxylic acids is 1. The molecular formula is C61H98O12. The average Bonchev–Trinajstić information content (AvgIpc) is 3.37. The summed E-state index contributed by atoms with van der Waals surface area (Å²) in [5.41, 5.74) is 0. The lowest BCUT2D eigenvalue weighted by Gasteiger charge is -2.40. The fourth-order valence-electron chi connectivity index (χ4n) is 7.84. The molecule has 1 aliphatic heterocycles. The van der Waals surface area contributed by atoms with E-state index in [2.05, 4.69) is 118 Å². The molecule has 0 radical (unpaired) electrons. The van der Waals surface area contributed by atoms with Gasteiger partial charge in [-0.2, -0.15) is 0 Å². The highest BCUT2D eigenvalue weighted by Gasteiger charge is 2.50.